The number of benzene rings is 1. The van der Waals surface area contributed by atoms with Crippen molar-refractivity contribution in [3.05, 3.63) is 23.5 Å². The number of hydrogen-bond acceptors (Lipinski definition) is 5. The number of nitrogens with two attached hydrogens (primary N) is 1. The fraction of sp³-hybridized carbons (Fsp3) is 0.250. The summed E-state index contributed by atoms with van der Waals surface area (Å²) in [6.45, 7) is -0.301. The Bertz CT molecular complexity index is 752. The van der Waals surface area contributed by atoms with Gasteiger partial charge in [0.25, 0.3) is 5.91 Å². The minimum atomic E-state index is -4.21. The highest BCUT2D eigenvalue weighted by molar-refractivity contribution is 7.92. The van der Waals surface area contributed by atoms with Crippen LogP contribution in [0.1, 0.15) is 12.0 Å². The molecule has 2 rings (SSSR count). The first-order chi connectivity index (χ1) is 9.86. The molecule has 7 nitrogen and oxygen atoms in total. The van der Waals surface area contributed by atoms with Crippen molar-refractivity contribution in [3.8, 4) is 17.6 Å². The second-order valence-corrected chi connectivity index (χ2v) is 5.77. The van der Waals surface area contributed by atoms with Gasteiger partial charge in [0.15, 0.2) is 5.82 Å². The van der Waals surface area contributed by atoms with Crippen molar-refractivity contribution in [2.75, 3.05) is 17.4 Å². The number of halogens is 1. The summed E-state index contributed by atoms with van der Waals surface area (Å²) in [4.78, 5) is 11.2. The molecule has 1 aromatic carbocycles. The molecule has 9 heteroatoms. The van der Waals surface area contributed by atoms with Crippen molar-refractivity contribution in [2.24, 2.45) is 5.73 Å². The minimum absolute atomic E-state index is 0.0919. The van der Waals surface area contributed by atoms with Crippen LogP contribution in [0, 0.1) is 17.7 Å². The number of hydrogen-bond donors (Lipinski definition) is 3. The highest BCUT2D eigenvalue weighted by atomic mass is 32.2. The van der Waals surface area contributed by atoms with Crippen molar-refractivity contribution >= 4 is 21.8 Å². The number of carbonyl (C=O) groups is 1. The molecule has 1 aromatic rings. The molecule has 0 saturated carbocycles. The topological polar surface area (TPSA) is 113 Å². The van der Waals surface area contributed by atoms with Crippen molar-refractivity contribution in [1.82, 2.24) is 4.72 Å². The lowest BCUT2D eigenvalue weighted by molar-refractivity contribution is -0.117. The van der Waals surface area contributed by atoms with Crippen LogP contribution in [0.5, 0.6) is 5.75 Å². The molecule has 1 heterocycles. The fourth-order valence-corrected chi connectivity index (χ4v) is 2.93. The van der Waals surface area contributed by atoms with Crippen LogP contribution in [-0.4, -0.2) is 32.5 Å². The van der Waals surface area contributed by atoms with Crippen LogP contribution in [0.3, 0.4) is 0 Å². The maximum absolute atomic E-state index is 14.3. The third kappa shape index (κ3) is 2.91. The van der Waals surface area contributed by atoms with E-state index in [4.69, 9.17) is 5.73 Å². The number of carbonyl (C=O) groups excluding carboxylic acids is 1. The summed E-state index contributed by atoms with van der Waals surface area (Å²) in [7, 11) is -4.21. The third-order valence-electron chi connectivity index (χ3n) is 2.66. The second-order valence-electron chi connectivity index (χ2n) is 4.17. The summed E-state index contributed by atoms with van der Waals surface area (Å²) in [5.41, 5.74) is 4.57. The van der Waals surface area contributed by atoms with E-state index in [0.717, 1.165) is 6.07 Å². The van der Waals surface area contributed by atoms with Gasteiger partial charge in [0.05, 0.1) is 5.56 Å². The number of rotatable bonds is 2. The molecule has 112 valence electrons. The SMILES string of the molecule is NCCC#Cc1ccc(O)c(N2CC(=O)NS2(=O)=O)c1F. The molecule has 1 saturated heterocycles. The molecule has 1 fully saturated rings. The molecule has 0 unspecified atom stereocenters. The van der Waals surface area contributed by atoms with Gasteiger partial charge in [-0.25, -0.2) is 13.4 Å². The number of amides is 1. The smallest absolute Gasteiger partial charge is 0.326 e. The Morgan fingerprint density at radius 3 is 2.76 bits per heavy atom. The summed E-state index contributed by atoms with van der Waals surface area (Å²) < 4.78 is 39.9. The average Bonchev–Trinajstić information content (AvgIpc) is 2.66. The summed E-state index contributed by atoms with van der Waals surface area (Å²) >= 11 is 0. The van der Waals surface area contributed by atoms with Crippen molar-refractivity contribution in [3.63, 3.8) is 0 Å². The van der Waals surface area contributed by atoms with Gasteiger partial charge in [-0.1, -0.05) is 11.8 Å². The summed E-state index contributed by atoms with van der Waals surface area (Å²) in [6.07, 6.45) is 0.345. The van der Waals surface area contributed by atoms with Gasteiger partial charge in [-0.2, -0.15) is 8.42 Å². The van der Waals surface area contributed by atoms with Crippen molar-refractivity contribution in [1.29, 1.82) is 0 Å². The van der Waals surface area contributed by atoms with Crippen LogP contribution in [0.2, 0.25) is 0 Å². The molecule has 4 N–H and O–H groups in total. The zero-order valence-corrected chi connectivity index (χ0v) is 11.6. The van der Waals surface area contributed by atoms with E-state index in [9.17, 15) is 22.7 Å². The molecule has 1 aliphatic heterocycles. The van der Waals surface area contributed by atoms with Gasteiger partial charge in [-0.3, -0.25) is 4.79 Å². The standard InChI is InChI=1S/C12H12FN3O4S/c13-11-8(3-1-2-6-14)4-5-9(17)12(11)16-7-10(18)15-21(16,19)20/h4-5,17H,2,6-7,14H2,(H,15,18). The number of phenols is 1. The zero-order chi connectivity index (χ0) is 15.6. The number of nitrogens with zero attached hydrogens (tertiary/aromatic N) is 1. The lowest BCUT2D eigenvalue weighted by Crippen LogP contribution is -2.30. The van der Waals surface area contributed by atoms with Gasteiger partial charge in [-0.05, 0) is 12.1 Å². The van der Waals surface area contributed by atoms with Gasteiger partial charge in [0.2, 0.25) is 0 Å². The van der Waals surface area contributed by atoms with E-state index in [2.05, 4.69) is 11.8 Å². The molecule has 0 aromatic heterocycles. The quantitative estimate of drug-likeness (QED) is 0.632. The summed E-state index contributed by atoms with van der Waals surface area (Å²) in [5.74, 6) is 2.69. The molecule has 0 spiro atoms. The number of nitrogens with one attached hydrogen (secondary N) is 1. The summed E-state index contributed by atoms with van der Waals surface area (Å²) in [6, 6.07) is 2.33. The third-order valence-corrected chi connectivity index (χ3v) is 4.03. The Morgan fingerprint density at radius 1 is 1.48 bits per heavy atom. The Morgan fingerprint density at radius 2 is 2.19 bits per heavy atom. The lowest BCUT2D eigenvalue weighted by atomic mass is 10.1. The molecule has 0 aliphatic carbocycles. The predicted octanol–water partition coefficient (Wildman–Crippen LogP) is -0.587. The van der Waals surface area contributed by atoms with Gasteiger partial charge >= 0.3 is 10.2 Å². The normalized spacial score (nSPS) is 16.3. The molecule has 1 aliphatic rings. The molecular weight excluding hydrogens is 301 g/mol. The first kappa shape index (κ1) is 15.1. The highest BCUT2D eigenvalue weighted by Crippen LogP contribution is 2.34. The van der Waals surface area contributed by atoms with E-state index in [1.54, 1.807) is 4.72 Å². The molecule has 0 bridgehead atoms. The summed E-state index contributed by atoms with van der Waals surface area (Å²) in [5, 5.41) is 9.71. The number of phenolic OH excluding ortho intramolecular Hbond substituents is 1. The molecule has 0 atom stereocenters. The Balaban J connectivity index is 2.52. The average molecular weight is 313 g/mol. The van der Waals surface area contributed by atoms with Crippen LogP contribution >= 0.6 is 0 Å². The Hall–Kier alpha value is -2.31. The highest BCUT2D eigenvalue weighted by Gasteiger charge is 2.37. The largest absolute Gasteiger partial charge is 0.506 e. The molecular formula is C12H12FN3O4S. The number of aromatic hydroxyl groups is 1. The van der Waals surface area contributed by atoms with Crippen molar-refractivity contribution < 1.29 is 22.7 Å². The lowest BCUT2D eigenvalue weighted by Gasteiger charge is -2.17. The fourth-order valence-electron chi connectivity index (χ4n) is 1.76. The first-order valence-corrected chi connectivity index (χ1v) is 7.34. The number of anilines is 1. The van der Waals surface area contributed by atoms with E-state index in [1.165, 1.54) is 6.07 Å². The maximum atomic E-state index is 14.3. The van der Waals surface area contributed by atoms with Gasteiger partial charge in [-0.15, -0.1) is 0 Å². The molecule has 1 amide bonds. The predicted molar refractivity (Wildman–Crippen MR) is 73.0 cm³/mol. The molecule has 21 heavy (non-hydrogen) atoms. The molecule has 0 radical (unpaired) electrons. The Labute approximate surface area is 120 Å². The minimum Gasteiger partial charge on any atom is -0.506 e. The Kier molecular flexibility index (Phi) is 4.02. The monoisotopic (exact) mass is 313 g/mol. The van der Waals surface area contributed by atoms with Crippen LogP contribution in [-0.2, 0) is 15.0 Å². The van der Waals surface area contributed by atoms with E-state index in [0.29, 0.717) is 17.3 Å². The van der Waals surface area contributed by atoms with Crippen molar-refractivity contribution in [2.45, 2.75) is 6.42 Å². The van der Waals surface area contributed by atoms with Gasteiger partial charge in [0, 0.05) is 13.0 Å². The zero-order valence-electron chi connectivity index (χ0n) is 10.8. The van der Waals surface area contributed by atoms with Crippen LogP contribution in [0.4, 0.5) is 10.1 Å². The van der Waals surface area contributed by atoms with E-state index < -0.39 is 39.9 Å². The second kappa shape index (κ2) is 5.59. The van der Waals surface area contributed by atoms with E-state index in [-0.39, 0.29) is 5.56 Å². The van der Waals surface area contributed by atoms with Gasteiger partial charge < -0.3 is 10.8 Å². The van der Waals surface area contributed by atoms with E-state index in [1.807, 2.05) is 0 Å². The van der Waals surface area contributed by atoms with E-state index >= 15 is 0 Å². The first-order valence-electron chi connectivity index (χ1n) is 5.90. The van der Waals surface area contributed by atoms with Crippen LogP contribution in [0.15, 0.2) is 12.1 Å². The maximum Gasteiger partial charge on any atom is 0.326 e. The van der Waals surface area contributed by atoms with Gasteiger partial charge in [0.1, 0.15) is 18.0 Å². The van der Waals surface area contributed by atoms with Crippen LogP contribution < -0.4 is 14.8 Å². The van der Waals surface area contributed by atoms with Crippen LogP contribution in [0.25, 0.3) is 0 Å².